The normalized spacial score (nSPS) is 31.7. The van der Waals surface area contributed by atoms with E-state index < -0.39 is 12.0 Å². The van der Waals surface area contributed by atoms with Crippen LogP contribution in [0, 0.1) is 5.92 Å². The molecule has 2 rings (SSSR count). The molecule has 0 aromatic heterocycles. The van der Waals surface area contributed by atoms with Crippen molar-refractivity contribution >= 4 is 35.4 Å². The standard InChI is InChI=1S/C12H20N2O3S2/c1-7(2)11-14(9(6-19-11)12(16)17)10(15)8-5-18-4-3-13-8/h7-9,11,13H,3-6H2,1-2H3,(H,16,17). The SMILES string of the molecule is CC(C)C1SCC(C(=O)O)N1C(=O)C1CSCCN1. The zero-order valence-corrected chi connectivity index (χ0v) is 12.8. The Hall–Kier alpha value is -0.400. The van der Waals surface area contributed by atoms with Crippen LogP contribution in [-0.2, 0) is 9.59 Å². The number of thioether (sulfide) groups is 2. The fourth-order valence-electron chi connectivity index (χ4n) is 2.41. The zero-order valence-electron chi connectivity index (χ0n) is 11.2. The average molecular weight is 304 g/mol. The molecule has 0 aromatic carbocycles. The Morgan fingerprint density at radius 1 is 1.37 bits per heavy atom. The van der Waals surface area contributed by atoms with Crippen LogP contribution >= 0.6 is 23.5 Å². The van der Waals surface area contributed by atoms with Crippen LogP contribution in [0.3, 0.4) is 0 Å². The maximum atomic E-state index is 12.6. The van der Waals surface area contributed by atoms with Crippen molar-refractivity contribution in [2.75, 3.05) is 23.8 Å². The Morgan fingerprint density at radius 2 is 2.11 bits per heavy atom. The van der Waals surface area contributed by atoms with Crippen LogP contribution in [0.5, 0.6) is 0 Å². The first-order chi connectivity index (χ1) is 9.02. The number of amides is 1. The number of rotatable bonds is 3. The van der Waals surface area contributed by atoms with Crippen molar-refractivity contribution in [2.45, 2.75) is 31.3 Å². The van der Waals surface area contributed by atoms with Crippen molar-refractivity contribution in [3.05, 3.63) is 0 Å². The Morgan fingerprint density at radius 3 is 2.63 bits per heavy atom. The quantitative estimate of drug-likeness (QED) is 0.800. The molecule has 1 amide bonds. The molecular weight excluding hydrogens is 284 g/mol. The third-order valence-electron chi connectivity index (χ3n) is 3.36. The molecule has 7 heteroatoms. The highest BCUT2D eigenvalue weighted by atomic mass is 32.2. The Balaban J connectivity index is 2.15. The summed E-state index contributed by atoms with van der Waals surface area (Å²) in [6.45, 7) is 4.88. The van der Waals surface area contributed by atoms with Gasteiger partial charge in [-0.3, -0.25) is 4.79 Å². The second-order valence-electron chi connectivity index (χ2n) is 5.15. The van der Waals surface area contributed by atoms with Gasteiger partial charge in [-0.2, -0.15) is 11.8 Å². The molecule has 0 radical (unpaired) electrons. The molecule has 2 saturated heterocycles. The molecule has 2 fully saturated rings. The van der Waals surface area contributed by atoms with Crippen LogP contribution in [0.15, 0.2) is 0 Å². The summed E-state index contributed by atoms with van der Waals surface area (Å²) in [5.74, 6) is 1.54. The fraction of sp³-hybridized carbons (Fsp3) is 0.833. The molecule has 2 aliphatic rings. The van der Waals surface area contributed by atoms with Gasteiger partial charge >= 0.3 is 5.97 Å². The lowest BCUT2D eigenvalue weighted by Crippen LogP contribution is -2.56. The van der Waals surface area contributed by atoms with E-state index in [1.807, 2.05) is 13.8 Å². The third-order valence-corrected chi connectivity index (χ3v) is 6.05. The van der Waals surface area contributed by atoms with Crippen LogP contribution in [0.2, 0.25) is 0 Å². The van der Waals surface area contributed by atoms with Crippen molar-refractivity contribution in [1.82, 2.24) is 10.2 Å². The van der Waals surface area contributed by atoms with Gasteiger partial charge in [0.2, 0.25) is 5.91 Å². The van der Waals surface area contributed by atoms with Crippen LogP contribution in [0.4, 0.5) is 0 Å². The van der Waals surface area contributed by atoms with E-state index in [9.17, 15) is 14.7 Å². The van der Waals surface area contributed by atoms with Crippen molar-refractivity contribution in [3.8, 4) is 0 Å². The number of hydrogen-bond acceptors (Lipinski definition) is 5. The molecule has 3 atom stereocenters. The average Bonchev–Trinajstić information content (AvgIpc) is 2.83. The molecular formula is C12H20N2O3S2. The molecule has 0 spiro atoms. The van der Waals surface area contributed by atoms with Crippen molar-refractivity contribution < 1.29 is 14.7 Å². The summed E-state index contributed by atoms with van der Waals surface area (Å²) >= 11 is 3.32. The molecule has 0 aliphatic carbocycles. The highest BCUT2D eigenvalue weighted by Crippen LogP contribution is 2.34. The Labute approximate surface area is 121 Å². The molecule has 2 heterocycles. The fourth-order valence-corrected chi connectivity index (χ4v) is 4.82. The van der Waals surface area contributed by atoms with Gasteiger partial charge in [-0.25, -0.2) is 4.79 Å². The summed E-state index contributed by atoms with van der Waals surface area (Å²) in [5, 5.41) is 12.5. The van der Waals surface area contributed by atoms with E-state index in [0.29, 0.717) is 5.75 Å². The number of nitrogens with zero attached hydrogens (tertiary/aromatic N) is 1. The topological polar surface area (TPSA) is 69.6 Å². The predicted octanol–water partition coefficient (Wildman–Crippen LogP) is 0.702. The minimum atomic E-state index is -0.896. The van der Waals surface area contributed by atoms with Gasteiger partial charge in [0, 0.05) is 23.8 Å². The number of hydrogen-bond donors (Lipinski definition) is 2. The van der Waals surface area contributed by atoms with Crippen molar-refractivity contribution in [1.29, 1.82) is 0 Å². The summed E-state index contributed by atoms with van der Waals surface area (Å²) in [7, 11) is 0. The van der Waals surface area contributed by atoms with E-state index in [2.05, 4.69) is 5.32 Å². The molecule has 3 unspecified atom stereocenters. The first-order valence-electron chi connectivity index (χ1n) is 6.50. The minimum absolute atomic E-state index is 0.0256. The molecule has 2 aliphatic heterocycles. The molecule has 0 saturated carbocycles. The number of carbonyl (C=O) groups excluding carboxylic acids is 1. The Kier molecular flexibility index (Phi) is 5.03. The van der Waals surface area contributed by atoms with Gasteiger partial charge in [-0.1, -0.05) is 13.8 Å². The van der Waals surface area contributed by atoms with Crippen LogP contribution < -0.4 is 5.32 Å². The number of carboxylic acids is 1. The van der Waals surface area contributed by atoms with Gasteiger partial charge in [0.15, 0.2) is 0 Å². The zero-order chi connectivity index (χ0) is 14.0. The summed E-state index contributed by atoms with van der Waals surface area (Å²) in [6.07, 6.45) is 0. The molecule has 108 valence electrons. The van der Waals surface area contributed by atoms with Gasteiger partial charge in [-0.15, -0.1) is 11.8 Å². The van der Waals surface area contributed by atoms with E-state index >= 15 is 0 Å². The molecule has 0 aromatic rings. The highest BCUT2D eigenvalue weighted by molar-refractivity contribution is 8.00. The van der Waals surface area contributed by atoms with Gasteiger partial charge in [-0.05, 0) is 5.92 Å². The second-order valence-corrected chi connectivity index (χ2v) is 7.45. The van der Waals surface area contributed by atoms with E-state index in [1.165, 1.54) is 0 Å². The maximum absolute atomic E-state index is 12.6. The van der Waals surface area contributed by atoms with E-state index in [-0.39, 0.29) is 23.2 Å². The molecule has 0 bridgehead atoms. The van der Waals surface area contributed by atoms with Crippen molar-refractivity contribution in [2.24, 2.45) is 5.92 Å². The smallest absolute Gasteiger partial charge is 0.327 e. The number of carboxylic acid groups (broad SMARTS) is 1. The molecule has 5 nitrogen and oxygen atoms in total. The highest BCUT2D eigenvalue weighted by Gasteiger charge is 2.44. The largest absolute Gasteiger partial charge is 0.480 e. The van der Waals surface area contributed by atoms with Gasteiger partial charge in [0.05, 0.1) is 11.4 Å². The number of carbonyl (C=O) groups is 2. The third kappa shape index (κ3) is 3.20. The van der Waals surface area contributed by atoms with E-state index in [4.69, 9.17) is 0 Å². The molecule has 19 heavy (non-hydrogen) atoms. The second kappa shape index (κ2) is 6.37. The van der Waals surface area contributed by atoms with Crippen LogP contribution in [0.1, 0.15) is 13.8 Å². The lowest BCUT2D eigenvalue weighted by molar-refractivity contribution is -0.150. The first-order valence-corrected chi connectivity index (χ1v) is 8.70. The van der Waals surface area contributed by atoms with Crippen LogP contribution in [0.25, 0.3) is 0 Å². The lowest BCUT2D eigenvalue weighted by Gasteiger charge is -2.34. The molecule has 2 N–H and O–H groups in total. The van der Waals surface area contributed by atoms with E-state index in [1.54, 1.807) is 28.4 Å². The maximum Gasteiger partial charge on any atom is 0.327 e. The summed E-state index contributed by atoms with van der Waals surface area (Å²) in [5.41, 5.74) is 0. The summed E-state index contributed by atoms with van der Waals surface area (Å²) < 4.78 is 0. The summed E-state index contributed by atoms with van der Waals surface area (Å²) in [6, 6.07) is -0.917. The summed E-state index contributed by atoms with van der Waals surface area (Å²) in [4.78, 5) is 25.5. The minimum Gasteiger partial charge on any atom is -0.480 e. The van der Waals surface area contributed by atoms with Crippen molar-refractivity contribution in [3.63, 3.8) is 0 Å². The number of nitrogens with one attached hydrogen (secondary N) is 1. The van der Waals surface area contributed by atoms with E-state index in [0.717, 1.165) is 18.1 Å². The van der Waals surface area contributed by atoms with Gasteiger partial charge in [0.25, 0.3) is 0 Å². The monoisotopic (exact) mass is 304 g/mol. The van der Waals surface area contributed by atoms with Gasteiger partial charge in [0.1, 0.15) is 6.04 Å². The first kappa shape index (κ1) is 15.0. The van der Waals surface area contributed by atoms with Crippen LogP contribution in [-0.4, -0.2) is 63.1 Å². The number of aliphatic carboxylic acids is 1. The van der Waals surface area contributed by atoms with Gasteiger partial charge < -0.3 is 15.3 Å². The Bertz CT molecular complexity index is 359. The predicted molar refractivity (Wildman–Crippen MR) is 78.5 cm³/mol. The lowest BCUT2D eigenvalue weighted by atomic mass is 10.1.